The number of rotatable bonds is 3. The van der Waals surface area contributed by atoms with Crippen molar-refractivity contribution >= 4 is 5.91 Å². The van der Waals surface area contributed by atoms with Crippen LogP contribution in [0.25, 0.3) is 0 Å². The van der Waals surface area contributed by atoms with Gasteiger partial charge in [0.1, 0.15) is 5.69 Å². The third-order valence-corrected chi connectivity index (χ3v) is 4.12. The standard InChI is InChI=1S/C13H20N4O2/c1-8-6-17(9-3-4-9)7-10(8)14-13(19)11-5-12(18)15-16(11)2/h5,8-10H,3-4,6-7H2,1-2H3,(H,14,19)(H,15,18). The number of carbonyl (C=O) groups excluding carboxylic acids is 1. The summed E-state index contributed by atoms with van der Waals surface area (Å²) in [6.07, 6.45) is 2.59. The smallest absolute Gasteiger partial charge is 0.269 e. The fraction of sp³-hybridized carbons (Fsp3) is 0.692. The van der Waals surface area contributed by atoms with Crippen LogP contribution < -0.4 is 5.32 Å². The highest BCUT2D eigenvalue weighted by atomic mass is 16.3. The fourth-order valence-corrected chi connectivity index (χ4v) is 2.84. The van der Waals surface area contributed by atoms with Crippen molar-refractivity contribution in [3.63, 3.8) is 0 Å². The van der Waals surface area contributed by atoms with Crippen molar-refractivity contribution in [2.45, 2.75) is 31.8 Å². The number of aryl methyl sites for hydroxylation is 1. The Morgan fingerprint density at radius 1 is 1.47 bits per heavy atom. The average molecular weight is 264 g/mol. The summed E-state index contributed by atoms with van der Waals surface area (Å²) in [6, 6.07) is 2.32. The summed E-state index contributed by atoms with van der Waals surface area (Å²) in [5.74, 6) is 0.183. The lowest BCUT2D eigenvalue weighted by molar-refractivity contribution is 0.0921. The lowest BCUT2D eigenvalue weighted by Gasteiger charge is -2.16. The lowest BCUT2D eigenvalue weighted by atomic mass is 10.1. The fourth-order valence-electron chi connectivity index (χ4n) is 2.84. The average Bonchev–Trinajstić information content (AvgIpc) is 3.05. The van der Waals surface area contributed by atoms with Gasteiger partial charge in [0, 0.05) is 38.3 Å². The zero-order valence-corrected chi connectivity index (χ0v) is 11.3. The van der Waals surface area contributed by atoms with E-state index in [-0.39, 0.29) is 17.8 Å². The molecule has 0 aromatic carbocycles. The Bertz CT molecular complexity index is 495. The topological polar surface area (TPSA) is 70.4 Å². The summed E-state index contributed by atoms with van der Waals surface area (Å²) in [4.78, 5) is 14.6. The molecule has 6 nitrogen and oxygen atoms in total. The molecule has 2 heterocycles. The van der Waals surface area contributed by atoms with Crippen LogP contribution in [0.3, 0.4) is 0 Å². The highest BCUT2D eigenvalue weighted by molar-refractivity contribution is 5.93. The number of aromatic nitrogens is 2. The van der Waals surface area contributed by atoms with E-state index in [0.29, 0.717) is 11.6 Å². The molecule has 2 N–H and O–H groups in total. The summed E-state index contributed by atoms with van der Waals surface area (Å²) in [5.41, 5.74) is 0.398. The molecule has 1 aromatic rings. The van der Waals surface area contributed by atoms with Gasteiger partial charge in [-0.25, -0.2) is 0 Å². The van der Waals surface area contributed by atoms with E-state index in [0.717, 1.165) is 19.1 Å². The first-order chi connectivity index (χ1) is 9.04. The molecule has 19 heavy (non-hydrogen) atoms. The third-order valence-electron chi connectivity index (χ3n) is 4.12. The molecule has 1 saturated heterocycles. The van der Waals surface area contributed by atoms with Gasteiger partial charge in [-0.15, -0.1) is 5.10 Å². The van der Waals surface area contributed by atoms with E-state index in [1.165, 1.54) is 23.6 Å². The molecule has 0 bridgehead atoms. The van der Waals surface area contributed by atoms with Crippen molar-refractivity contribution in [3.05, 3.63) is 11.8 Å². The Labute approximate surface area is 112 Å². The van der Waals surface area contributed by atoms with Crippen LogP contribution in [-0.2, 0) is 7.05 Å². The monoisotopic (exact) mass is 264 g/mol. The number of amides is 1. The first-order valence-corrected chi connectivity index (χ1v) is 6.82. The van der Waals surface area contributed by atoms with Gasteiger partial charge in [0.05, 0.1) is 0 Å². The largest absolute Gasteiger partial charge is 0.492 e. The number of likely N-dealkylation sites (tertiary alicyclic amines) is 1. The minimum atomic E-state index is -0.162. The molecule has 2 aliphatic rings. The van der Waals surface area contributed by atoms with E-state index in [9.17, 15) is 9.90 Å². The highest BCUT2D eigenvalue weighted by Gasteiger charge is 2.38. The molecule has 2 atom stereocenters. The Kier molecular flexibility index (Phi) is 2.97. The van der Waals surface area contributed by atoms with Crippen molar-refractivity contribution in [1.82, 2.24) is 20.0 Å². The van der Waals surface area contributed by atoms with Gasteiger partial charge in [-0.05, 0) is 18.8 Å². The minimum absolute atomic E-state index is 0.119. The number of carbonyl (C=O) groups is 1. The second-order valence-corrected chi connectivity index (χ2v) is 5.75. The Morgan fingerprint density at radius 2 is 2.21 bits per heavy atom. The van der Waals surface area contributed by atoms with Crippen molar-refractivity contribution < 1.29 is 9.90 Å². The Morgan fingerprint density at radius 3 is 2.79 bits per heavy atom. The number of hydrogen-bond donors (Lipinski definition) is 2. The van der Waals surface area contributed by atoms with Crippen LogP contribution in [0, 0.1) is 5.92 Å². The molecule has 1 aliphatic heterocycles. The first kappa shape index (κ1) is 12.5. The molecule has 3 rings (SSSR count). The SMILES string of the molecule is CC1CN(C2CC2)CC1NC(=O)c1cc(O)nn1C. The van der Waals surface area contributed by atoms with Crippen LogP contribution in [0.5, 0.6) is 5.88 Å². The van der Waals surface area contributed by atoms with E-state index < -0.39 is 0 Å². The number of nitrogens with zero attached hydrogens (tertiary/aromatic N) is 3. The number of aromatic hydroxyl groups is 1. The zero-order chi connectivity index (χ0) is 13.6. The summed E-state index contributed by atoms with van der Waals surface area (Å²) in [5, 5.41) is 16.1. The minimum Gasteiger partial charge on any atom is -0.492 e. The highest BCUT2D eigenvalue weighted by Crippen LogP contribution is 2.31. The van der Waals surface area contributed by atoms with Gasteiger partial charge >= 0.3 is 0 Å². The van der Waals surface area contributed by atoms with E-state index >= 15 is 0 Å². The zero-order valence-electron chi connectivity index (χ0n) is 11.3. The van der Waals surface area contributed by atoms with Crippen molar-refractivity contribution in [1.29, 1.82) is 0 Å². The van der Waals surface area contributed by atoms with Crippen LogP contribution in [0.1, 0.15) is 30.3 Å². The summed E-state index contributed by atoms with van der Waals surface area (Å²) in [7, 11) is 1.66. The Balaban J connectivity index is 1.64. The predicted molar refractivity (Wildman–Crippen MR) is 69.9 cm³/mol. The quantitative estimate of drug-likeness (QED) is 0.826. The number of nitrogens with one attached hydrogen (secondary N) is 1. The van der Waals surface area contributed by atoms with Crippen LogP contribution in [-0.4, -0.2) is 50.9 Å². The molecule has 0 spiro atoms. The van der Waals surface area contributed by atoms with Crippen LogP contribution >= 0.6 is 0 Å². The van der Waals surface area contributed by atoms with Gasteiger partial charge in [0.25, 0.3) is 5.91 Å². The summed E-state index contributed by atoms with van der Waals surface area (Å²) < 4.78 is 1.41. The van der Waals surface area contributed by atoms with Gasteiger partial charge in [0.15, 0.2) is 0 Å². The maximum absolute atomic E-state index is 12.2. The normalized spacial score (nSPS) is 27.7. The van der Waals surface area contributed by atoms with E-state index in [1.807, 2.05) is 0 Å². The van der Waals surface area contributed by atoms with Gasteiger partial charge in [-0.3, -0.25) is 14.4 Å². The number of hydrogen-bond acceptors (Lipinski definition) is 4. The van der Waals surface area contributed by atoms with Gasteiger partial charge in [-0.2, -0.15) is 0 Å². The first-order valence-electron chi connectivity index (χ1n) is 6.82. The second kappa shape index (κ2) is 4.52. The van der Waals surface area contributed by atoms with Crippen LogP contribution in [0.2, 0.25) is 0 Å². The molecule has 1 aromatic heterocycles. The molecule has 2 unspecified atom stereocenters. The van der Waals surface area contributed by atoms with Gasteiger partial charge in [0.2, 0.25) is 5.88 Å². The molecule has 0 radical (unpaired) electrons. The predicted octanol–water partition coefficient (Wildman–Crippen LogP) is 0.338. The van der Waals surface area contributed by atoms with Crippen molar-refractivity contribution in [2.24, 2.45) is 13.0 Å². The molecular weight excluding hydrogens is 244 g/mol. The van der Waals surface area contributed by atoms with E-state index in [1.54, 1.807) is 7.05 Å². The van der Waals surface area contributed by atoms with E-state index in [4.69, 9.17) is 0 Å². The molecule has 6 heteroatoms. The summed E-state index contributed by atoms with van der Waals surface area (Å²) >= 11 is 0. The molecule has 2 fully saturated rings. The van der Waals surface area contributed by atoms with Crippen molar-refractivity contribution in [3.8, 4) is 5.88 Å². The van der Waals surface area contributed by atoms with Crippen LogP contribution in [0.15, 0.2) is 6.07 Å². The molecule has 104 valence electrons. The third kappa shape index (κ3) is 2.45. The molecule has 1 amide bonds. The lowest BCUT2D eigenvalue weighted by Crippen LogP contribution is -2.40. The van der Waals surface area contributed by atoms with Gasteiger partial charge < -0.3 is 10.4 Å². The molecule has 1 saturated carbocycles. The maximum Gasteiger partial charge on any atom is 0.269 e. The molecule has 1 aliphatic carbocycles. The van der Waals surface area contributed by atoms with Gasteiger partial charge in [-0.1, -0.05) is 6.92 Å². The molecular formula is C13H20N4O2. The summed E-state index contributed by atoms with van der Waals surface area (Å²) in [6.45, 7) is 4.17. The Hall–Kier alpha value is -1.56. The van der Waals surface area contributed by atoms with Crippen molar-refractivity contribution in [2.75, 3.05) is 13.1 Å². The second-order valence-electron chi connectivity index (χ2n) is 5.75. The van der Waals surface area contributed by atoms with Crippen LogP contribution in [0.4, 0.5) is 0 Å². The van der Waals surface area contributed by atoms with E-state index in [2.05, 4.69) is 22.2 Å². The maximum atomic E-state index is 12.2.